The van der Waals surface area contributed by atoms with Crippen LogP contribution in [-0.2, 0) is 29.4 Å². The summed E-state index contributed by atoms with van der Waals surface area (Å²) in [4.78, 5) is 14.8. The second-order valence-electron chi connectivity index (χ2n) is 9.32. The average molecular weight is 587 g/mol. The molecule has 2 aromatic rings. The third-order valence-electron chi connectivity index (χ3n) is 6.01. The Morgan fingerprint density at radius 2 is 1.37 bits per heavy atom. The van der Waals surface area contributed by atoms with E-state index in [0.29, 0.717) is 37.2 Å². The van der Waals surface area contributed by atoms with Crippen LogP contribution in [0.5, 0.6) is 11.5 Å². The molecule has 38 heavy (non-hydrogen) atoms. The maximum atomic E-state index is 14.4. The Morgan fingerprint density at radius 3 is 1.79 bits per heavy atom. The fourth-order valence-corrected chi connectivity index (χ4v) is 7.77. The molecule has 0 aromatic heterocycles. The first-order valence-electron chi connectivity index (χ1n) is 12.0. The summed E-state index contributed by atoms with van der Waals surface area (Å²) in [6.07, 6.45) is 4.65. The molecule has 2 heterocycles. The third kappa shape index (κ3) is 7.40. The molecule has 2 fully saturated rings. The van der Waals surface area contributed by atoms with Gasteiger partial charge in [-0.15, -0.1) is 0 Å². The molecule has 0 spiro atoms. The molecule has 4 rings (SSSR count). The summed E-state index contributed by atoms with van der Waals surface area (Å²) in [5, 5.41) is 3.18. The Morgan fingerprint density at radius 1 is 0.868 bits per heavy atom. The molecular weight excluding hydrogens is 555 g/mol. The summed E-state index contributed by atoms with van der Waals surface area (Å²) < 4.78 is 77.1. The van der Waals surface area contributed by atoms with Gasteiger partial charge in [-0.2, -0.15) is 0 Å². The van der Waals surface area contributed by atoms with Crippen molar-refractivity contribution < 1.29 is 35.2 Å². The molecule has 2 atom stereocenters. The van der Waals surface area contributed by atoms with Gasteiger partial charge < -0.3 is 19.3 Å². The van der Waals surface area contributed by atoms with Crippen LogP contribution in [0.2, 0.25) is 0 Å². The van der Waals surface area contributed by atoms with Crippen molar-refractivity contribution >= 4 is 44.9 Å². The van der Waals surface area contributed by atoms with Gasteiger partial charge in [0, 0.05) is 17.9 Å². The fourth-order valence-electron chi connectivity index (χ4n) is 4.46. The molecule has 0 saturated carbocycles. The second kappa shape index (κ2) is 11.1. The number of sulfonamides is 2. The van der Waals surface area contributed by atoms with Gasteiger partial charge in [0.2, 0.25) is 26.0 Å². The van der Waals surface area contributed by atoms with E-state index >= 15 is 0 Å². The molecule has 1 unspecified atom stereocenters. The van der Waals surface area contributed by atoms with Crippen molar-refractivity contribution in [2.45, 2.75) is 37.5 Å². The second-order valence-corrected chi connectivity index (χ2v) is 14.9. The van der Waals surface area contributed by atoms with Crippen molar-refractivity contribution in [2.24, 2.45) is 0 Å². The zero-order chi connectivity index (χ0) is 27.6. The summed E-state index contributed by atoms with van der Waals surface area (Å²) in [5.41, 5.74) is 0.601. The summed E-state index contributed by atoms with van der Waals surface area (Å²) >= 11 is 0. The lowest BCUT2D eigenvalue weighted by molar-refractivity contribution is -0.132. The van der Waals surface area contributed by atoms with Crippen LogP contribution in [0.15, 0.2) is 48.5 Å². The van der Waals surface area contributed by atoms with Crippen molar-refractivity contribution in [1.82, 2.24) is 10.2 Å². The Balaban J connectivity index is 1.62. The van der Waals surface area contributed by atoms with Gasteiger partial charge in [0.05, 0.1) is 18.6 Å². The maximum absolute atomic E-state index is 14.4. The Bertz CT molecular complexity index is 1330. The van der Waals surface area contributed by atoms with Crippen LogP contribution >= 0.6 is 7.60 Å². The van der Waals surface area contributed by atoms with E-state index in [9.17, 15) is 26.2 Å². The molecule has 1 amide bonds. The minimum atomic E-state index is -4.07. The van der Waals surface area contributed by atoms with E-state index in [1.165, 1.54) is 48.5 Å². The number of nitrogens with zero attached hydrogens (tertiary/aromatic N) is 1. The molecule has 0 aliphatic carbocycles. The largest absolute Gasteiger partial charge is 0.453 e. The molecule has 3 N–H and O–H groups in total. The highest BCUT2D eigenvalue weighted by Crippen LogP contribution is 2.57. The van der Waals surface area contributed by atoms with Crippen LogP contribution in [0.4, 0.5) is 11.4 Å². The van der Waals surface area contributed by atoms with Gasteiger partial charge in [0.25, 0.3) is 0 Å². The first-order valence-corrected chi connectivity index (χ1v) is 17.4. The highest BCUT2D eigenvalue weighted by atomic mass is 32.2. The predicted molar refractivity (Wildman–Crippen MR) is 144 cm³/mol. The van der Waals surface area contributed by atoms with Gasteiger partial charge in [-0.25, -0.2) is 21.4 Å². The summed E-state index contributed by atoms with van der Waals surface area (Å²) in [5.74, 6) is -0.667. The standard InChI is InChI=1S/C23H31N4O8PS2/c1-37(30,31)25-17-7-11-19(12-8-17)34-36(29,35-20-13-9-18(10-14-20)26-38(2,32)33)22-6-4-16-27(22)23(28)21-5-3-15-24-21/h7-14,21-22,24-26H,3-6,15-16H2,1-2H3/t21-,22?/m0/s1. The van der Waals surface area contributed by atoms with Crippen LogP contribution in [-0.4, -0.2) is 65.1 Å². The first-order chi connectivity index (χ1) is 17.8. The van der Waals surface area contributed by atoms with Crippen LogP contribution < -0.4 is 23.8 Å². The molecule has 0 bridgehead atoms. The quantitative estimate of drug-likeness (QED) is 0.356. The molecule has 15 heteroatoms. The molecule has 2 aliphatic heterocycles. The van der Waals surface area contributed by atoms with E-state index in [1.807, 2.05) is 0 Å². The molecule has 2 aliphatic rings. The number of rotatable bonds is 10. The lowest BCUT2D eigenvalue weighted by Crippen LogP contribution is -2.46. The number of carbonyl (C=O) groups excluding carboxylic acids is 1. The van der Waals surface area contributed by atoms with E-state index in [-0.39, 0.29) is 23.4 Å². The van der Waals surface area contributed by atoms with Crippen LogP contribution in [0.3, 0.4) is 0 Å². The number of benzene rings is 2. The summed E-state index contributed by atoms with van der Waals surface area (Å²) in [6, 6.07) is 11.3. The molecule has 12 nitrogen and oxygen atoms in total. The number of hydrogen-bond donors (Lipinski definition) is 3. The first kappa shape index (κ1) is 28.2. The van der Waals surface area contributed by atoms with Crippen molar-refractivity contribution in [3.63, 3.8) is 0 Å². The predicted octanol–water partition coefficient (Wildman–Crippen LogP) is 2.78. The van der Waals surface area contributed by atoms with Crippen molar-refractivity contribution in [3.8, 4) is 11.5 Å². The lowest BCUT2D eigenvalue weighted by atomic mass is 10.2. The maximum Gasteiger partial charge on any atom is 0.453 e. The van der Waals surface area contributed by atoms with Crippen LogP contribution in [0, 0.1) is 0 Å². The molecule has 2 aromatic carbocycles. The number of carbonyl (C=O) groups is 1. The molecular formula is C23H31N4O8PS2. The van der Waals surface area contributed by atoms with Gasteiger partial charge in [-0.1, -0.05) is 0 Å². The van der Waals surface area contributed by atoms with Gasteiger partial charge >= 0.3 is 7.60 Å². The van der Waals surface area contributed by atoms with E-state index in [0.717, 1.165) is 25.5 Å². The summed E-state index contributed by atoms with van der Waals surface area (Å²) in [7, 11) is -11.0. The number of nitrogens with one attached hydrogen (secondary N) is 3. The third-order valence-corrected chi connectivity index (χ3v) is 9.42. The van der Waals surface area contributed by atoms with E-state index < -0.39 is 33.4 Å². The van der Waals surface area contributed by atoms with Crippen LogP contribution in [0.1, 0.15) is 25.7 Å². The number of anilines is 2. The number of likely N-dealkylation sites (tertiary alicyclic amines) is 1. The highest BCUT2D eigenvalue weighted by molar-refractivity contribution is 7.92. The van der Waals surface area contributed by atoms with E-state index in [2.05, 4.69) is 14.8 Å². The topological polar surface area (TPSA) is 160 Å². The van der Waals surface area contributed by atoms with Crippen molar-refractivity contribution in [2.75, 3.05) is 35.0 Å². The number of amides is 1. The SMILES string of the molecule is CS(=O)(=O)Nc1ccc(OP(=O)(Oc2ccc(NS(C)(=O)=O)cc2)C2CCCN2C(=O)[C@@H]2CCCN2)cc1. The smallest absolute Gasteiger partial charge is 0.415 e. The lowest BCUT2D eigenvalue weighted by Gasteiger charge is -2.32. The zero-order valence-corrected chi connectivity index (χ0v) is 23.5. The normalized spacial score (nSPS) is 20.2. The summed E-state index contributed by atoms with van der Waals surface area (Å²) in [6.45, 7) is 1.15. The van der Waals surface area contributed by atoms with Gasteiger partial charge in [-0.3, -0.25) is 14.2 Å². The van der Waals surface area contributed by atoms with Gasteiger partial charge in [0.1, 0.15) is 11.5 Å². The molecule has 2 saturated heterocycles. The molecule has 208 valence electrons. The Labute approximate surface area is 222 Å². The average Bonchev–Trinajstić information content (AvgIpc) is 3.52. The zero-order valence-electron chi connectivity index (χ0n) is 21.0. The monoisotopic (exact) mass is 586 g/mol. The minimum absolute atomic E-state index is 0.155. The Hall–Kier alpha value is -2.80. The Kier molecular flexibility index (Phi) is 8.26. The highest BCUT2D eigenvalue weighted by Gasteiger charge is 2.49. The number of hydrogen-bond acceptors (Lipinski definition) is 9. The fraction of sp³-hybridized carbons (Fsp3) is 0.435. The van der Waals surface area contributed by atoms with Crippen molar-refractivity contribution in [1.29, 1.82) is 0 Å². The van der Waals surface area contributed by atoms with E-state index in [4.69, 9.17) is 9.05 Å². The van der Waals surface area contributed by atoms with E-state index in [1.54, 1.807) is 4.90 Å². The van der Waals surface area contributed by atoms with Gasteiger partial charge in [0.15, 0.2) is 5.78 Å². The van der Waals surface area contributed by atoms with Crippen LogP contribution in [0.25, 0.3) is 0 Å². The minimum Gasteiger partial charge on any atom is -0.415 e. The van der Waals surface area contributed by atoms with Crippen molar-refractivity contribution in [3.05, 3.63) is 48.5 Å². The molecule has 0 radical (unpaired) electrons. The van der Waals surface area contributed by atoms with Gasteiger partial charge in [-0.05, 0) is 80.8 Å².